The number of hydrogen-bond donors (Lipinski definition) is 1. The first-order chi connectivity index (χ1) is 13.3. The average Bonchev–Trinajstić information content (AvgIpc) is 3.23. The third-order valence-electron chi connectivity index (χ3n) is 3.82. The minimum atomic E-state index is -4.64. The van der Waals surface area contributed by atoms with Crippen molar-refractivity contribution in [2.75, 3.05) is 11.6 Å². The molecular weight excluding hydrogens is 451 g/mol. The molecule has 0 unspecified atom stereocenters. The number of alkyl halides is 3. The normalized spacial score (nSPS) is 12.0. The Morgan fingerprint density at radius 3 is 2.46 bits per heavy atom. The molecule has 11 heteroatoms. The van der Waals surface area contributed by atoms with E-state index in [1.807, 2.05) is 12.3 Å². The Hall–Kier alpha value is -1.88. The maximum absolute atomic E-state index is 13.0. The zero-order chi connectivity index (χ0) is 20.1. The van der Waals surface area contributed by atoms with Crippen molar-refractivity contribution in [3.63, 3.8) is 0 Å². The molecule has 0 atom stereocenters. The van der Waals surface area contributed by atoms with Crippen LogP contribution in [0.3, 0.4) is 0 Å². The van der Waals surface area contributed by atoms with E-state index in [2.05, 4.69) is 15.3 Å². The quantitative estimate of drug-likeness (QED) is 0.353. The summed E-state index contributed by atoms with van der Waals surface area (Å²) in [5, 5.41) is 2.41. The van der Waals surface area contributed by atoms with Gasteiger partial charge in [-0.25, -0.2) is 9.97 Å². The predicted octanol–water partition coefficient (Wildman–Crippen LogP) is 6.55. The van der Waals surface area contributed by atoms with Crippen LogP contribution in [0.15, 0.2) is 34.7 Å². The number of aromatic nitrogens is 2. The largest absolute Gasteiger partial charge is 0.417 e. The third-order valence-corrected chi connectivity index (χ3v) is 7.36. The summed E-state index contributed by atoms with van der Waals surface area (Å²) in [5.74, 6) is -0.688. The number of hydrogen-bond acceptors (Lipinski definition) is 6. The summed E-state index contributed by atoms with van der Waals surface area (Å²) in [5.41, 5.74) is 0.331. The van der Waals surface area contributed by atoms with Crippen LogP contribution in [-0.2, 0) is 6.18 Å². The molecule has 2 aromatic carbocycles. The van der Waals surface area contributed by atoms with E-state index in [1.165, 1.54) is 28.7 Å². The Kier molecular flexibility index (Phi) is 4.98. The van der Waals surface area contributed by atoms with Crippen molar-refractivity contribution in [1.29, 1.82) is 0 Å². The molecule has 4 nitrogen and oxygen atoms in total. The maximum Gasteiger partial charge on any atom is 0.417 e. The number of halogens is 4. The Morgan fingerprint density at radius 2 is 1.79 bits per heavy atom. The Bertz CT molecular complexity index is 1220. The lowest BCUT2D eigenvalue weighted by atomic mass is 10.1. The number of rotatable bonds is 3. The first-order valence-electron chi connectivity index (χ1n) is 7.68. The van der Waals surface area contributed by atoms with Gasteiger partial charge < -0.3 is 0 Å². The fourth-order valence-corrected chi connectivity index (χ4v) is 5.42. The predicted molar refractivity (Wildman–Crippen MR) is 109 cm³/mol. The van der Waals surface area contributed by atoms with Gasteiger partial charge in [0, 0.05) is 5.56 Å². The molecule has 28 heavy (non-hydrogen) atoms. The highest BCUT2D eigenvalue weighted by molar-refractivity contribution is 8.00. The van der Waals surface area contributed by atoms with E-state index in [0.29, 0.717) is 10.6 Å². The van der Waals surface area contributed by atoms with E-state index in [9.17, 15) is 18.0 Å². The van der Waals surface area contributed by atoms with Gasteiger partial charge in [-0.1, -0.05) is 34.7 Å². The SMILES string of the molecule is CSc1nc2ccc3nc(NC(=O)c4ccc(Cl)c(C(F)(F)F)c4)sc3c2s1. The molecule has 0 aliphatic heterocycles. The summed E-state index contributed by atoms with van der Waals surface area (Å²) in [6.07, 6.45) is -2.70. The molecule has 2 aromatic heterocycles. The monoisotopic (exact) mass is 459 g/mol. The van der Waals surface area contributed by atoms with Gasteiger partial charge in [0.1, 0.15) is 0 Å². The van der Waals surface area contributed by atoms with Crippen LogP contribution in [0, 0.1) is 0 Å². The summed E-state index contributed by atoms with van der Waals surface area (Å²) >= 11 is 9.93. The molecule has 1 N–H and O–H groups in total. The van der Waals surface area contributed by atoms with Crippen LogP contribution in [0.2, 0.25) is 5.02 Å². The van der Waals surface area contributed by atoms with Gasteiger partial charge >= 0.3 is 6.18 Å². The van der Waals surface area contributed by atoms with Gasteiger partial charge in [0.2, 0.25) is 0 Å². The molecule has 0 bridgehead atoms. The zero-order valence-electron chi connectivity index (χ0n) is 13.9. The van der Waals surface area contributed by atoms with E-state index in [0.717, 1.165) is 31.4 Å². The lowest BCUT2D eigenvalue weighted by molar-refractivity contribution is -0.137. The van der Waals surface area contributed by atoms with E-state index < -0.39 is 22.7 Å². The summed E-state index contributed by atoms with van der Waals surface area (Å²) in [6, 6.07) is 6.69. The number of nitrogens with one attached hydrogen (secondary N) is 1. The summed E-state index contributed by atoms with van der Waals surface area (Å²) in [7, 11) is 0. The second-order valence-electron chi connectivity index (χ2n) is 5.61. The molecule has 2 heterocycles. The number of benzene rings is 2. The topological polar surface area (TPSA) is 54.9 Å². The van der Waals surface area contributed by atoms with Crippen molar-refractivity contribution < 1.29 is 18.0 Å². The number of carbonyl (C=O) groups is 1. The van der Waals surface area contributed by atoms with Crippen LogP contribution in [0.5, 0.6) is 0 Å². The highest BCUT2D eigenvalue weighted by atomic mass is 35.5. The zero-order valence-corrected chi connectivity index (χ0v) is 17.1. The average molecular weight is 460 g/mol. The Balaban J connectivity index is 1.67. The number of thioether (sulfide) groups is 1. The van der Waals surface area contributed by atoms with Gasteiger partial charge in [-0.15, -0.1) is 11.3 Å². The smallest absolute Gasteiger partial charge is 0.298 e. The van der Waals surface area contributed by atoms with E-state index in [4.69, 9.17) is 11.6 Å². The van der Waals surface area contributed by atoms with Gasteiger partial charge in [-0.2, -0.15) is 13.2 Å². The Labute approximate surface area is 173 Å². The lowest BCUT2D eigenvalue weighted by Crippen LogP contribution is -2.14. The standard InChI is InChI=1S/C17H9ClF3N3OS3/c1-26-16-23-11-5-4-10-12(13(11)28-16)27-15(22-10)24-14(25)7-2-3-9(18)8(6-7)17(19,20)21/h2-6H,1H3,(H,22,24,25). The van der Waals surface area contributed by atoms with Crippen molar-refractivity contribution in [3.8, 4) is 0 Å². The molecule has 0 aliphatic carbocycles. The Morgan fingerprint density at radius 1 is 1.11 bits per heavy atom. The summed E-state index contributed by atoms with van der Waals surface area (Å²) in [4.78, 5) is 21.3. The molecule has 144 valence electrons. The fraction of sp³-hybridized carbons (Fsp3) is 0.118. The molecule has 0 radical (unpaired) electrons. The van der Waals surface area contributed by atoms with Gasteiger partial charge in [0.15, 0.2) is 9.47 Å². The van der Waals surface area contributed by atoms with Crippen molar-refractivity contribution in [1.82, 2.24) is 9.97 Å². The minimum Gasteiger partial charge on any atom is -0.298 e. The lowest BCUT2D eigenvalue weighted by Gasteiger charge is -2.10. The minimum absolute atomic E-state index is 0.149. The van der Waals surface area contributed by atoms with Gasteiger partial charge in [-0.05, 0) is 36.6 Å². The van der Waals surface area contributed by atoms with Gasteiger partial charge in [0.05, 0.1) is 31.0 Å². The number of anilines is 1. The maximum atomic E-state index is 13.0. The van der Waals surface area contributed by atoms with Crippen molar-refractivity contribution >= 4 is 77.5 Å². The van der Waals surface area contributed by atoms with Crippen molar-refractivity contribution in [2.45, 2.75) is 10.5 Å². The molecule has 4 rings (SSSR count). The van der Waals surface area contributed by atoms with Crippen LogP contribution in [0.4, 0.5) is 18.3 Å². The van der Waals surface area contributed by atoms with Crippen molar-refractivity contribution in [2.24, 2.45) is 0 Å². The van der Waals surface area contributed by atoms with E-state index >= 15 is 0 Å². The van der Waals surface area contributed by atoms with Gasteiger partial charge in [0.25, 0.3) is 5.91 Å². The van der Waals surface area contributed by atoms with Gasteiger partial charge in [-0.3, -0.25) is 10.1 Å². The second kappa shape index (κ2) is 7.18. The van der Waals surface area contributed by atoms with Crippen LogP contribution < -0.4 is 5.32 Å². The summed E-state index contributed by atoms with van der Waals surface area (Å²) < 4.78 is 41.8. The molecule has 0 spiro atoms. The number of amides is 1. The van der Waals surface area contributed by atoms with Crippen molar-refractivity contribution in [3.05, 3.63) is 46.5 Å². The number of nitrogens with zero attached hydrogens (tertiary/aromatic N) is 2. The van der Waals surface area contributed by atoms with E-state index in [-0.39, 0.29) is 5.56 Å². The first-order valence-corrected chi connectivity index (χ1v) is 10.9. The fourth-order valence-electron chi connectivity index (χ4n) is 2.55. The number of fused-ring (bicyclic) bond motifs is 3. The van der Waals surface area contributed by atoms with Crippen LogP contribution in [0.25, 0.3) is 20.4 Å². The molecule has 1 amide bonds. The third kappa shape index (κ3) is 3.57. The molecule has 0 fully saturated rings. The van der Waals surface area contributed by atoms with Crippen LogP contribution >= 0.6 is 46.0 Å². The van der Waals surface area contributed by atoms with Crippen LogP contribution in [0.1, 0.15) is 15.9 Å². The van der Waals surface area contributed by atoms with E-state index in [1.54, 1.807) is 17.8 Å². The second-order valence-corrected chi connectivity index (χ2v) is 9.07. The highest BCUT2D eigenvalue weighted by Crippen LogP contribution is 2.38. The molecule has 0 saturated heterocycles. The summed E-state index contributed by atoms with van der Waals surface area (Å²) in [6.45, 7) is 0. The first kappa shape index (κ1) is 19.4. The number of carbonyl (C=O) groups excluding carboxylic acids is 1. The molecular formula is C17H9ClF3N3OS3. The van der Waals surface area contributed by atoms with Crippen LogP contribution in [-0.4, -0.2) is 22.1 Å². The molecule has 0 aliphatic rings. The number of thiazole rings is 2. The molecule has 4 aromatic rings. The molecule has 0 saturated carbocycles. The highest BCUT2D eigenvalue weighted by Gasteiger charge is 2.33.